The Balaban J connectivity index is 1.42. The fourth-order valence-electron chi connectivity index (χ4n) is 5.04. The summed E-state index contributed by atoms with van der Waals surface area (Å²) in [6, 6.07) is 12.0. The maximum Gasteiger partial charge on any atom is 0.433 e. The Bertz CT molecular complexity index is 1520. The van der Waals surface area contributed by atoms with Crippen molar-refractivity contribution >= 4 is 22.8 Å². The lowest BCUT2D eigenvalue weighted by Gasteiger charge is -2.39. The van der Waals surface area contributed by atoms with Gasteiger partial charge in [-0.1, -0.05) is 30.3 Å². The van der Waals surface area contributed by atoms with Crippen LogP contribution in [-0.2, 0) is 13.2 Å². The minimum absolute atomic E-state index is 0.244. The number of ether oxygens (including phenoxy) is 1. The lowest BCUT2D eigenvalue weighted by atomic mass is 9.85. The number of methoxy groups -OCH3 is 1. The van der Waals surface area contributed by atoms with Gasteiger partial charge in [-0.2, -0.15) is 18.3 Å². The molecular formula is C27H25F3N6O3. The number of rotatable bonds is 5. The number of nitrogens with zero attached hydrogens (tertiary/aromatic N) is 5. The lowest BCUT2D eigenvalue weighted by molar-refractivity contribution is -0.144. The molecule has 0 radical (unpaired) electrons. The highest BCUT2D eigenvalue weighted by Gasteiger charge is 2.41. The van der Waals surface area contributed by atoms with Crippen molar-refractivity contribution in [2.75, 3.05) is 20.2 Å². The SMILES string of the molecule is COc1cc(C(=O)N2CC[C@@H](NC(=O)c3cnn(C)c3C(F)(F)F)[C@@H](c3ccccc3)C2)cc2nccnc12. The zero-order valence-corrected chi connectivity index (χ0v) is 21.1. The molecule has 1 aliphatic heterocycles. The number of hydrogen-bond donors (Lipinski definition) is 1. The zero-order valence-electron chi connectivity index (χ0n) is 21.1. The fourth-order valence-corrected chi connectivity index (χ4v) is 5.04. The Morgan fingerprint density at radius 1 is 1.10 bits per heavy atom. The molecule has 0 spiro atoms. The summed E-state index contributed by atoms with van der Waals surface area (Å²) in [6.07, 6.45) is -0.410. The Kier molecular flexibility index (Phi) is 6.94. The first-order valence-corrected chi connectivity index (χ1v) is 12.2. The number of fused-ring (bicyclic) bond motifs is 1. The third-order valence-electron chi connectivity index (χ3n) is 6.90. The summed E-state index contributed by atoms with van der Waals surface area (Å²) in [5, 5.41) is 6.42. The number of halogens is 3. The second-order valence-corrected chi connectivity index (χ2v) is 9.27. The number of piperidine rings is 1. The first-order chi connectivity index (χ1) is 18.7. The number of amides is 2. The van der Waals surface area contributed by atoms with Gasteiger partial charge in [-0.25, -0.2) is 4.98 Å². The monoisotopic (exact) mass is 538 g/mol. The van der Waals surface area contributed by atoms with Crippen LogP contribution in [0.2, 0.25) is 0 Å². The summed E-state index contributed by atoms with van der Waals surface area (Å²) in [7, 11) is 2.63. The van der Waals surface area contributed by atoms with Crippen LogP contribution in [0.4, 0.5) is 13.2 Å². The third kappa shape index (κ3) is 5.14. The van der Waals surface area contributed by atoms with Gasteiger partial charge in [0.05, 0.1) is 24.4 Å². The Labute approximate surface area is 221 Å². The molecule has 1 N–H and O–H groups in total. The smallest absolute Gasteiger partial charge is 0.433 e. The number of hydrogen-bond acceptors (Lipinski definition) is 6. The van der Waals surface area contributed by atoms with Crippen LogP contribution >= 0.6 is 0 Å². The van der Waals surface area contributed by atoms with E-state index >= 15 is 0 Å². The summed E-state index contributed by atoms with van der Waals surface area (Å²) >= 11 is 0. The number of carbonyl (C=O) groups excluding carboxylic acids is 2. The van der Waals surface area contributed by atoms with Crippen LogP contribution < -0.4 is 10.1 Å². The van der Waals surface area contributed by atoms with E-state index in [0.29, 0.717) is 33.4 Å². The van der Waals surface area contributed by atoms with Gasteiger partial charge in [-0.05, 0) is 24.1 Å². The first-order valence-electron chi connectivity index (χ1n) is 12.2. The molecule has 12 heteroatoms. The molecule has 1 saturated heterocycles. The third-order valence-corrected chi connectivity index (χ3v) is 6.90. The fraction of sp³-hybridized carbons (Fsp3) is 0.296. The lowest BCUT2D eigenvalue weighted by Crippen LogP contribution is -2.51. The molecule has 1 fully saturated rings. The molecule has 5 rings (SSSR count). The molecule has 0 saturated carbocycles. The van der Waals surface area contributed by atoms with Crippen LogP contribution in [0.5, 0.6) is 5.75 Å². The van der Waals surface area contributed by atoms with E-state index in [1.54, 1.807) is 23.2 Å². The second kappa shape index (κ2) is 10.4. The van der Waals surface area contributed by atoms with Crippen molar-refractivity contribution in [3.8, 4) is 5.75 Å². The Morgan fingerprint density at radius 3 is 2.56 bits per heavy atom. The number of nitrogens with one attached hydrogen (secondary N) is 1. The predicted molar refractivity (Wildman–Crippen MR) is 135 cm³/mol. The van der Waals surface area contributed by atoms with Crippen molar-refractivity contribution < 1.29 is 27.5 Å². The van der Waals surface area contributed by atoms with E-state index in [1.165, 1.54) is 13.3 Å². The van der Waals surface area contributed by atoms with E-state index < -0.39 is 29.4 Å². The highest BCUT2D eigenvalue weighted by Crippen LogP contribution is 2.33. The van der Waals surface area contributed by atoms with E-state index in [1.807, 2.05) is 30.3 Å². The van der Waals surface area contributed by atoms with Gasteiger partial charge < -0.3 is 15.0 Å². The summed E-state index contributed by atoms with van der Waals surface area (Å²) in [6.45, 7) is 0.529. The number of alkyl halides is 3. The maximum absolute atomic E-state index is 13.6. The quantitative estimate of drug-likeness (QED) is 0.415. The number of benzene rings is 2. The van der Waals surface area contributed by atoms with Crippen molar-refractivity contribution in [3.05, 3.63) is 83.4 Å². The van der Waals surface area contributed by atoms with Gasteiger partial charge in [0.1, 0.15) is 11.3 Å². The average Bonchev–Trinajstić information content (AvgIpc) is 3.35. The number of likely N-dealkylation sites (tertiary alicyclic amines) is 1. The van der Waals surface area contributed by atoms with Crippen LogP contribution in [0.3, 0.4) is 0 Å². The molecular weight excluding hydrogens is 513 g/mol. The van der Waals surface area contributed by atoms with Crippen molar-refractivity contribution in [2.24, 2.45) is 7.05 Å². The highest BCUT2D eigenvalue weighted by molar-refractivity contribution is 5.99. The summed E-state index contributed by atoms with van der Waals surface area (Å²) in [5.41, 5.74) is 0.619. The summed E-state index contributed by atoms with van der Waals surface area (Å²) in [5.74, 6) is -1.05. The summed E-state index contributed by atoms with van der Waals surface area (Å²) in [4.78, 5) is 36.9. The largest absolute Gasteiger partial charge is 0.494 e. The number of carbonyl (C=O) groups is 2. The van der Waals surface area contributed by atoms with Crippen molar-refractivity contribution in [3.63, 3.8) is 0 Å². The van der Waals surface area contributed by atoms with Gasteiger partial charge in [0.25, 0.3) is 11.8 Å². The topological polar surface area (TPSA) is 102 Å². The molecule has 0 aliphatic carbocycles. The normalized spacial score (nSPS) is 17.7. The molecule has 2 atom stereocenters. The minimum atomic E-state index is -4.74. The molecule has 39 heavy (non-hydrogen) atoms. The molecule has 0 unspecified atom stereocenters. The Morgan fingerprint density at radius 2 is 1.85 bits per heavy atom. The van der Waals surface area contributed by atoms with Gasteiger partial charge >= 0.3 is 6.18 Å². The van der Waals surface area contributed by atoms with E-state index in [-0.39, 0.29) is 24.9 Å². The van der Waals surface area contributed by atoms with Gasteiger partial charge in [0.2, 0.25) is 0 Å². The molecule has 0 bridgehead atoms. The van der Waals surface area contributed by atoms with E-state index in [9.17, 15) is 22.8 Å². The van der Waals surface area contributed by atoms with Crippen molar-refractivity contribution in [1.82, 2.24) is 30.0 Å². The van der Waals surface area contributed by atoms with Crippen LogP contribution in [0.25, 0.3) is 11.0 Å². The second-order valence-electron chi connectivity index (χ2n) is 9.27. The molecule has 9 nitrogen and oxygen atoms in total. The standard InChI is InChI=1S/C27H25F3N6O3/c1-35-24(27(28,29)30)18(14-33-35)25(37)34-20-8-11-36(15-19(20)16-6-4-3-5-7-16)26(38)17-12-21-23(22(13-17)39-2)32-10-9-31-21/h3-7,9-10,12-14,19-20H,8,11,15H2,1-2H3,(H,34,37)/t19-,20-/m1/s1. The van der Waals surface area contributed by atoms with Crippen molar-refractivity contribution in [2.45, 2.75) is 24.6 Å². The molecule has 2 aromatic heterocycles. The van der Waals surface area contributed by atoms with E-state index in [2.05, 4.69) is 20.4 Å². The number of aromatic nitrogens is 4. The van der Waals surface area contributed by atoms with Crippen LogP contribution in [0.1, 0.15) is 44.3 Å². The van der Waals surface area contributed by atoms with Crippen LogP contribution in [0, 0.1) is 0 Å². The first kappa shape index (κ1) is 26.1. The molecule has 3 heterocycles. The Hall–Kier alpha value is -4.48. The predicted octanol–water partition coefficient (Wildman–Crippen LogP) is 3.82. The van der Waals surface area contributed by atoms with Gasteiger partial charge in [-0.3, -0.25) is 19.3 Å². The summed E-state index contributed by atoms with van der Waals surface area (Å²) < 4.78 is 46.8. The van der Waals surface area contributed by atoms with E-state index in [4.69, 9.17) is 4.74 Å². The molecule has 1 aliphatic rings. The van der Waals surface area contributed by atoms with Crippen molar-refractivity contribution in [1.29, 1.82) is 0 Å². The van der Waals surface area contributed by atoms with Gasteiger partial charge in [0, 0.05) is 50.1 Å². The molecule has 4 aromatic rings. The molecule has 202 valence electrons. The van der Waals surface area contributed by atoms with Crippen LogP contribution in [-0.4, -0.2) is 62.7 Å². The molecule has 2 aromatic carbocycles. The highest BCUT2D eigenvalue weighted by atomic mass is 19.4. The average molecular weight is 539 g/mol. The van der Waals surface area contributed by atoms with E-state index in [0.717, 1.165) is 18.8 Å². The van der Waals surface area contributed by atoms with Gasteiger partial charge in [0.15, 0.2) is 5.69 Å². The molecule has 2 amide bonds. The van der Waals surface area contributed by atoms with Gasteiger partial charge in [-0.15, -0.1) is 0 Å². The minimum Gasteiger partial charge on any atom is -0.494 e. The van der Waals surface area contributed by atoms with Crippen LogP contribution in [0.15, 0.2) is 61.1 Å². The zero-order chi connectivity index (χ0) is 27.7. The maximum atomic E-state index is 13.6. The number of aryl methyl sites for hydroxylation is 1.